The molecule has 1 aromatic carbocycles. The average molecular weight is 219 g/mol. The predicted molar refractivity (Wildman–Crippen MR) is 57.7 cm³/mol. The molecule has 0 saturated heterocycles. The van der Waals surface area contributed by atoms with Crippen molar-refractivity contribution in [3.63, 3.8) is 0 Å². The summed E-state index contributed by atoms with van der Waals surface area (Å²) < 4.78 is 18.2. The maximum atomic E-state index is 13.4. The van der Waals surface area contributed by atoms with Gasteiger partial charge in [-0.15, -0.1) is 0 Å². The fourth-order valence-electron chi connectivity index (χ4n) is 1.43. The Kier molecular flexibility index (Phi) is 2.81. The quantitative estimate of drug-likeness (QED) is 0.728. The topological polar surface area (TPSA) is 39.2 Å². The van der Waals surface area contributed by atoms with E-state index in [0.717, 1.165) is 0 Å². The smallest absolute Gasteiger partial charge is 0.356 e. The van der Waals surface area contributed by atoms with Crippen LogP contribution >= 0.6 is 0 Å². The minimum Gasteiger partial charge on any atom is -0.461 e. The molecule has 0 aliphatic rings. The minimum atomic E-state index is -0.535. The highest BCUT2D eigenvalue weighted by Gasteiger charge is 2.10. The maximum Gasteiger partial charge on any atom is 0.356 e. The molecule has 16 heavy (non-hydrogen) atoms. The molecular weight excluding hydrogens is 209 g/mol. The van der Waals surface area contributed by atoms with Gasteiger partial charge in [-0.1, -0.05) is 18.2 Å². The van der Waals surface area contributed by atoms with Crippen molar-refractivity contribution in [1.82, 2.24) is 4.98 Å². The molecular formula is C12H10FNO2. The maximum absolute atomic E-state index is 13.4. The van der Waals surface area contributed by atoms with E-state index in [9.17, 15) is 9.18 Å². The number of pyridine rings is 1. The lowest BCUT2D eigenvalue weighted by atomic mass is 10.2. The molecule has 0 aliphatic carbocycles. The second kappa shape index (κ2) is 4.26. The van der Waals surface area contributed by atoms with Gasteiger partial charge >= 0.3 is 5.97 Å². The number of para-hydroxylation sites is 1. The normalized spacial score (nSPS) is 10.4. The third-order valence-corrected chi connectivity index (χ3v) is 2.16. The Balaban J connectivity index is 2.51. The highest BCUT2D eigenvalue weighted by atomic mass is 19.1. The van der Waals surface area contributed by atoms with E-state index in [1.165, 1.54) is 12.1 Å². The molecule has 0 unspecified atom stereocenters. The standard InChI is InChI=1S/C12H10FNO2/c1-2-16-12(15)10-7-6-8-4-3-5-9(13)11(8)14-10/h3-7H,2H2,1H3. The summed E-state index contributed by atoms with van der Waals surface area (Å²) in [4.78, 5) is 15.3. The van der Waals surface area contributed by atoms with E-state index in [-0.39, 0.29) is 17.8 Å². The summed E-state index contributed by atoms with van der Waals surface area (Å²) in [6.07, 6.45) is 0. The first kappa shape index (κ1) is 10.5. The number of aromatic nitrogens is 1. The van der Waals surface area contributed by atoms with Crippen molar-refractivity contribution in [3.8, 4) is 0 Å². The molecule has 0 N–H and O–H groups in total. The van der Waals surface area contributed by atoms with Crippen molar-refractivity contribution < 1.29 is 13.9 Å². The molecule has 1 aromatic heterocycles. The summed E-state index contributed by atoms with van der Waals surface area (Å²) in [5.74, 6) is -0.976. The number of esters is 1. The van der Waals surface area contributed by atoms with Crippen LogP contribution in [0.2, 0.25) is 0 Å². The molecule has 4 heteroatoms. The third kappa shape index (κ3) is 1.86. The number of fused-ring (bicyclic) bond motifs is 1. The van der Waals surface area contributed by atoms with Crippen LogP contribution in [-0.4, -0.2) is 17.6 Å². The third-order valence-electron chi connectivity index (χ3n) is 2.16. The zero-order valence-corrected chi connectivity index (χ0v) is 8.74. The van der Waals surface area contributed by atoms with Crippen LogP contribution in [0.5, 0.6) is 0 Å². The van der Waals surface area contributed by atoms with Crippen molar-refractivity contribution in [3.05, 3.63) is 41.8 Å². The Bertz CT molecular complexity index is 540. The number of hydrogen-bond acceptors (Lipinski definition) is 3. The van der Waals surface area contributed by atoms with Gasteiger partial charge in [0.1, 0.15) is 17.0 Å². The lowest BCUT2D eigenvalue weighted by Gasteiger charge is -2.03. The molecule has 0 amide bonds. The summed E-state index contributed by atoms with van der Waals surface area (Å²) in [6, 6.07) is 7.82. The van der Waals surface area contributed by atoms with Gasteiger partial charge < -0.3 is 4.74 Å². The summed E-state index contributed by atoms with van der Waals surface area (Å²) in [5, 5.41) is 0.660. The number of ether oxygens (including phenoxy) is 1. The van der Waals surface area contributed by atoms with Gasteiger partial charge in [-0.2, -0.15) is 0 Å². The van der Waals surface area contributed by atoms with Crippen LogP contribution in [0, 0.1) is 5.82 Å². The molecule has 0 saturated carbocycles. The molecule has 0 fully saturated rings. The van der Waals surface area contributed by atoms with E-state index in [2.05, 4.69) is 4.98 Å². The van der Waals surface area contributed by atoms with Crippen molar-refractivity contribution in [2.45, 2.75) is 6.92 Å². The monoisotopic (exact) mass is 219 g/mol. The molecule has 1 heterocycles. The van der Waals surface area contributed by atoms with Crippen LogP contribution in [0.15, 0.2) is 30.3 Å². The van der Waals surface area contributed by atoms with Gasteiger partial charge in [0, 0.05) is 5.39 Å². The van der Waals surface area contributed by atoms with Crippen LogP contribution in [-0.2, 0) is 4.74 Å². The first-order chi connectivity index (χ1) is 7.72. The fourth-order valence-corrected chi connectivity index (χ4v) is 1.43. The van der Waals surface area contributed by atoms with Crippen molar-refractivity contribution in [1.29, 1.82) is 0 Å². The average Bonchev–Trinajstić information content (AvgIpc) is 2.29. The number of nitrogens with zero attached hydrogens (tertiary/aromatic N) is 1. The van der Waals surface area contributed by atoms with E-state index in [0.29, 0.717) is 5.39 Å². The molecule has 3 nitrogen and oxygen atoms in total. The molecule has 0 spiro atoms. The highest BCUT2D eigenvalue weighted by Crippen LogP contribution is 2.16. The Morgan fingerprint density at radius 2 is 2.19 bits per heavy atom. The lowest BCUT2D eigenvalue weighted by molar-refractivity contribution is 0.0520. The first-order valence-electron chi connectivity index (χ1n) is 4.94. The Hall–Kier alpha value is -1.97. The number of halogens is 1. The van der Waals surface area contributed by atoms with Crippen molar-refractivity contribution >= 4 is 16.9 Å². The van der Waals surface area contributed by atoms with Crippen molar-refractivity contribution in [2.75, 3.05) is 6.61 Å². The van der Waals surface area contributed by atoms with Crippen LogP contribution in [0.3, 0.4) is 0 Å². The largest absolute Gasteiger partial charge is 0.461 e. The minimum absolute atomic E-state index is 0.124. The van der Waals surface area contributed by atoms with Crippen LogP contribution in [0.25, 0.3) is 10.9 Å². The Morgan fingerprint density at radius 1 is 1.38 bits per heavy atom. The van der Waals surface area contributed by atoms with Gasteiger partial charge in [-0.3, -0.25) is 0 Å². The van der Waals surface area contributed by atoms with Crippen molar-refractivity contribution in [2.24, 2.45) is 0 Å². The number of carbonyl (C=O) groups excluding carboxylic acids is 1. The summed E-state index contributed by atoms with van der Waals surface area (Å²) >= 11 is 0. The summed E-state index contributed by atoms with van der Waals surface area (Å²) in [6.45, 7) is 1.98. The van der Waals surface area contributed by atoms with E-state index in [1.807, 2.05) is 0 Å². The molecule has 0 atom stereocenters. The van der Waals surface area contributed by atoms with Gasteiger partial charge in [0.25, 0.3) is 0 Å². The molecule has 2 rings (SSSR count). The zero-order chi connectivity index (χ0) is 11.5. The first-order valence-corrected chi connectivity index (χ1v) is 4.94. The van der Waals surface area contributed by atoms with Gasteiger partial charge in [-0.25, -0.2) is 14.2 Å². The second-order valence-electron chi connectivity index (χ2n) is 3.23. The van der Waals surface area contributed by atoms with E-state index in [1.54, 1.807) is 25.1 Å². The van der Waals surface area contributed by atoms with E-state index >= 15 is 0 Å². The second-order valence-corrected chi connectivity index (χ2v) is 3.23. The van der Waals surface area contributed by atoms with Gasteiger partial charge in [0.05, 0.1) is 6.61 Å². The summed E-state index contributed by atoms with van der Waals surface area (Å²) in [5.41, 5.74) is 0.313. The Labute approximate surface area is 91.9 Å². The molecule has 0 bridgehead atoms. The number of carbonyl (C=O) groups is 1. The van der Waals surface area contributed by atoms with Gasteiger partial charge in [0.15, 0.2) is 0 Å². The van der Waals surface area contributed by atoms with E-state index < -0.39 is 11.8 Å². The SMILES string of the molecule is CCOC(=O)c1ccc2cccc(F)c2n1. The number of benzene rings is 1. The van der Waals surface area contributed by atoms with Crippen LogP contribution in [0.1, 0.15) is 17.4 Å². The molecule has 82 valence electrons. The van der Waals surface area contributed by atoms with Crippen LogP contribution in [0.4, 0.5) is 4.39 Å². The highest BCUT2D eigenvalue weighted by molar-refractivity contribution is 5.91. The fraction of sp³-hybridized carbons (Fsp3) is 0.167. The van der Waals surface area contributed by atoms with Gasteiger partial charge in [-0.05, 0) is 19.1 Å². The summed E-state index contributed by atoms with van der Waals surface area (Å²) in [7, 11) is 0. The van der Waals surface area contributed by atoms with E-state index in [4.69, 9.17) is 4.74 Å². The number of rotatable bonds is 2. The number of hydrogen-bond donors (Lipinski definition) is 0. The van der Waals surface area contributed by atoms with Crippen LogP contribution < -0.4 is 0 Å². The Morgan fingerprint density at radius 3 is 2.94 bits per heavy atom. The zero-order valence-electron chi connectivity index (χ0n) is 8.74. The van der Waals surface area contributed by atoms with Gasteiger partial charge in [0.2, 0.25) is 0 Å². The molecule has 0 aliphatic heterocycles. The molecule has 2 aromatic rings. The molecule has 0 radical (unpaired) electrons. The predicted octanol–water partition coefficient (Wildman–Crippen LogP) is 2.55. The lowest BCUT2D eigenvalue weighted by Crippen LogP contribution is -2.07.